The topological polar surface area (TPSA) is 122 Å². The largest absolute Gasteiger partial charge is 0.499 e. The number of likely N-dealkylation sites (N-methyl/N-ethyl adjacent to an activating group) is 1. The first-order chi connectivity index (χ1) is 10.0. The van der Waals surface area contributed by atoms with Gasteiger partial charge in [0.15, 0.2) is 5.76 Å². The van der Waals surface area contributed by atoms with Crippen LogP contribution >= 0.6 is 0 Å². The van der Waals surface area contributed by atoms with Crippen LogP contribution in [0.5, 0.6) is 0 Å². The Morgan fingerprint density at radius 2 is 2.33 bits per heavy atom. The molecule has 0 atom stereocenters. The minimum absolute atomic E-state index is 0.132. The fraction of sp³-hybridized carbons (Fsp3) is 0.250. The molecule has 1 aliphatic rings. The standard InChI is InChI=1S/C12H13N5O4/c1-3-20-7-9-8(6-13)12(16(14)15(9)2)10-4-5-11(21-10)17(18)19/h4-5,7H,3,14H2,1-2H3. The lowest BCUT2D eigenvalue weighted by atomic mass is 10.1. The van der Waals surface area contributed by atoms with Gasteiger partial charge in [0, 0.05) is 7.05 Å². The number of allylic oxidation sites excluding steroid dienone is 1. The van der Waals surface area contributed by atoms with Crippen LogP contribution in [0.4, 0.5) is 5.88 Å². The first kappa shape index (κ1) is 14.4. The molecule has 2 heterocycles. The molecule has 0 radical (unpaired) electrons. The van der Waals surface area contributed by atoms with Gasteiger partial charge in [-0.25, -0.2) is 11.0 Å². The number of nitro groups is 1. The second-order valence-corrected chi connectivity index (χ2v) is 4.06. The quantitative estimate of drug-likeness (QED) is 0.381. The van der Waals surface area contributed by atoms with Gasteiger partial charge in [0.1, 0.15) is 34.2 Å². The van der Waals surface area contributed by atoms with Crippen molar-refractivity contribution in [2.45, 2.75) is 6.92 Å². The van der Waals surface area contributed by atoms with Crippen LogP contribution in [0.15, 0.2) is 34.1 Å². The van der Waals surface area contributed by atoms with Crippen LogP contribution in [0.25, 0.3) is 5.70 Å². The fourth-order valence-electron chi connectivity index (χ4n) is 1.86. The summed E-state index contributed by atoms with van der Waals surface area (Å²) in [5.41, 5.74) is 0.882. The molecule has 0 amide bonds. The van der Waals surface area contributed by atoms with E-state index in [2.05, 4.69) is 0 Å². The second kappa shape index (κ2) is 5.56. The summed E-state index contributed by atoms with van der Waals surface area (Å²) in [5, 5.41) is 22.7. The molecule has 0 bridgehead atoms. The lowest BCUT2D eigenvalue weighted by Crippen LogP contribution is -2.38. The second-order valence-electron chi connectivity index (χ2n) is 4.06. The molecule has 2 rings (SSSR count). The van der Waals surface area contributed by atoms with E-state index in [0.717, 1.165) is 0 Å². The molecule has 0 aliphatic carbocycles. The zero-order valence-corrected chi connectivity index (χ0v) is 11.4. The van der Waals surface area contributed by atoms with Crippen LogP contribution in [-0.2, 0) is 4.74 Å². The molecule has 0 saturated carbocycles. The highest BCUT2D eigenvalue weighted by atomic mass is 16.6. The molecule has 9 heteroatoms. The van der Waals surface area contributed by atoms with Crippen LogP contribution in [0, 0.1) is 21.4 Å². The minimum Gasteiger partial charge on any atom is -0.499 e. The summed E-state index contributed by atoms with van der Waals surface area (Å²) in [6.45, 7) is 2.24. The average molecular weight is 291 g/mol. The van der Waals surface area contributed by atoms with Crippen molar-refractivity contribution < 1.29 is 14.1 Å². The molecular formula is C12H13N5O4. The van der Waals surface area contributed by atoms with Crippen LogP contribution in [-0.4, -0.2) is 28.7 Å². The third kappa shape index (κ3) is 2.39. The van der Waals surface area contributed by atoms with Gasteiger partial charge < -0.3 is 9.15 Å². The van der Waals surface area contributed by atoms with Crippen molar-refractivity contribution in [2.24, 2.45) is 5.84 Å². The summed E-state index contributed by atoms with van der Waals surface area (Å²) in [5.74, 6) is 5.60. The van der Waals surface area contributed by atoms with Gasteiger partial charge in [-0.15, -0.1) is 0 Å². The monoisotopic (exact) mass is 291 g/mol. The highest BCUT2D eigenvalue weighted by Crippen LogP contribution is 2.36. The van der Waals surface area contributed by atoms with Crippen molar-refractivity contribution in [1.29, 1.82) is 5.26 Å². The third-order valence-corrected chi connectivity index (χ3v) is 2.87. The molecule has 9 nitrogen and oxygen atoms in total. The van der Waals surface area contributed by atoms with Gasteiger partial charge in [-0.3, -0.25) is 15.1 Å². The molecule has 21 heavy (non-hydrogen) atoms. The summed E-state index contributed by atoms with van der Waals surface area (Å²) < 4.78 is 10.3. The molecule has 0 fully saturated rings. The van der Waals surface area contributed by atoms with Gasteiger partial charge in [0.2, 0.25) is 0 Å². The Morgan fingerprint density at radius 1 is 1.62 bits per heavy atom. The Bertz CT molecular complexity index is 669. The molecule has 1 aliphatic heterocycles. The number of rotatable bonds is 4. The molecule has 0 aromatic carbocycles. The summed E-state index contributed by atoms with van der Waals surface area (Å²) in [7, 11) is 1.63. The van der Waals surface area contributed by atoms with Crippen LogP contribution < -0.4 is 5.84 Å². The minimum atomic E-state index is -0.660. The van der Waals surface area contributed by atoms with Crippen LogP contribution in [0.3, 0.4) is 0 Å². The normalized spacial score (nSPS) is 16.6. The molecular weight excluding hydrogens is 278 g/mol. The van der Waals surface area contributed by atoms with E-state index in [1.165, 1.54) is 28.5 Å². The van der Waals surface area contributed by atoms with Gasteiger partial charge in [0.25, 0.3) is 0 Å². The maximum absolute atomic E-state index is 10.7. The molecule has 110 valence electrons. The predicted octanol–water partition coefficient (Wildman–Crippen LogP) is 1.34. The number of nitrogens with zero attached hydrogens (tertiary/aromatic N) is 4. The van der Waals surface area contributed by atoms with Crippen molar-refractivity contribution in [3.8, 4) is 6.07 Å². The number of nitrogens with two attached hydrogens (primary N) is 1. The highest BCUT2D eigenvalue weighted by Gasteiger charge is 2.34. The van der Waals surface area contributed by atoms with Gasteiger partial charge in [-0.1, -0.05) is 0 Å². The van der Waals surface area contributed by atoms with E-state index >= 15 is 0 Å². The Hall–Kier alpha value is -2.99. The summed E-state index contributed by atoms with van der Waals surface area (Å²) >= 11 is 0. The zero-order valence-electron chi connectivity index (χ0n) is 11.4. The Morgan fingerprint density at radius 3 is 2.86 bits per heavy atom. The maximum Gasteiger partial charge on any atom is 0.433 e. The predicted molar refractivity (Wildman–Crippen MR) is 71.4 cm³/mol. The summed E-state index contributed by atoms with van der Waals surface area (Å²) in [6, 6.07) is 4.60. The smallest absolute Gasteiger partial charge is 0.433 e. The zero-order chi connectivity index (χ0) is 15.6. The average Bonchev–Trinajstić information content (AvgIpc) is 3.02. The number of hydrogen-bond acceptors (Lipinski definition) is 8. The summed E-state index contributed by atoms with van der Waals surface area (Å²) in [4.78, 5) is 10.0. The lowest BCUT2D eigenvalue weighted by molar-refractivity contribution is -0.402. The Kier molecular flexibility index (Phi) is 3.82. The van der Waals surface area contributed by atoms with Gasteiger partial charge in [-0.05, 0) is 13.0 Å². The molecule has 0 saturated heterocycles. The SMILES string of the molecule is CCOC=C1C(C#N)=C(c2ccc([N+](=O)[O-])o2)N(N)N1C. The Labute approximate surface area is 120 Å². The molecule has 0 spiro atoms. The first-order valence-corrected chi connectivity index (χ1v) is 6.00. The van der Waals surface area contributed by atoms with Crippen molar-refractivity contribution in [2.75, 3.05) is 13.7 Å². The number of hydrogen-bond donors (Lipinski definition) is 1. The lowest BCUT2D eigenvalue weighted by Gasteiger charge is -2.24. The van der Waals surface area contributed by atoms with Crippen molar-refractivity contribution >= 4 is 11.6 Å². The van der Waals surface area contributed by atoms with Gasteiger partial charge in [-0.2, -0.15) is 5.26 Å². The number of hydrazine groups is 2. The molecule has 1 aromatic heterocycles. The molecule has 0 unspecified atom stereocenters. The first-order valence-electron chi connectivity index (χ1n) is 6.00. The van der Waals surface area contributed by atoms with E-state index in [4.69, 9.17) is 15.0 Å². The van der Waals surface area contributed by atoms with E-state index in [-0.39, 0.29) is 17.0 Å². The highest BCUT2D eigenvalue weighted by molar-refractivity contribution is 5.74. The van der Waals surface area contributed by atoms with Crippen LogP contribution in [0.2, 0.25) is 0 Å². The van der Waals surface area contributed by atoms with E-state index in [9.17, 15) is 15.4 Å². The van der Waals surface area contributed by atoms with E-state index in [1.54, 1.807) is 14.0 Å². The maximum atomic E-state index is 10.7. The van der Waals surface area contributed by atoms with E-state index in [1.807, 2.05) is 6.07 Å². The van der Waals surface area contributed by atoms with Gasteiger partial charge in [0.05, 0.1) is 12.7 Å². The Balaban J connectivity index is 2.52. The van der Waals surface area contributed by atoms with E-state index < -0.39 is 10.8 Å². The van der Waals surface area contributed by atoms with E-state index in [0.29, 0.717) is 12.3 Å². The number of nitriles is 1. The van der Waals surface area contributed by atoms with Gasteiger partial charge >= 0.3 is 5.88 Å². The molecule has 2 N–H and O–H groups in total. The van der Waals surface area contributed by atoms with Crippen molar-refractivity contribution in [3.05, 3.63) is 45.5 Å². The number of furan rings is 1. The van der Waals surface area contributed by atoms with Crippen molar-refractivity contribution in [3.63, 3.8) is 0 Å². The summed E-state index contributed by atoms with van der Waals surface area (Å²) in [6.07, 6.45) is 1.41. The van der Waals surface area contributed by atoms with Crippen LogP contribution in [0.1, 0.15) is 12.7 Å². The number of ether oxygens (including phenoxy) is 1. The third-order valence-electron chi connectivity index (χ3n) is 2.87. The fourth-order valence-corrected chi connectivity index (χ4v) is 1.86. The molecule has 1 aromatic rings. The van der Waals surface area contributed by atoms with Crippen molar-refractivity contribution in [1.82, 2.24) is 10.1 Å².